The minimum absolute atomic E-state index is 0.0992. The zero-order valence-electron chi connectivity index (χ0n) is 12.0. The summed E-state index contributed by atoms with van der Waals surface area (Å²) in [6, 6.07) is 15.1. The highest BCUT2D eigenvalue weighted by Crippen LogP contribution is 2.22. The molecule has 0 unspecified atom stereocenters. The van der Waals surface area contributed by atoms with E-state index in [-0.39, 0.29) is 10.9 Å². The minimum atomic E-state index is -3.68. The molecular formula is C16H15BrN2O2S. The third-order valence-corrected chi connectivity index (χ3v) is 5.25. The molecule has 1 N–H and O–H groups in total. The fourth-order valence-electron chi connectivity index (χ4n) is 2.07. The van der Waals surface area contributed by atoms with Crippen LogP contribution in [0.5, 0.6) is 0 Å². The van der Waals surface area contributed by atoms with E-state index in [9.17, 15) is 8.42 Å². The quantitative estimate of drug-likeness (QED) is 0.860. The highest BCUT2D eigenvalue weighted by atomic mass is 79.9. The Labute approximate surface area is 139 Å². The van der Waals surface area contributed by atoms with Crippen LogP contribution >= 0.6 is 15.9 Å². The molecule has 0 aliphatic carbocycles. The van der Waals surface area contributed by atoms with Crippen molar-refractivity contribution in [2.75, 3.05) is 0 Å². The topological polar surface area (TPSA) is 70.0 Å². The first kappa shape index (κ1) is 16.7. The largest absolute Gasteiger partial charge is 0.241 e. The Kier molecular flexibility index (Phi) is 5.35. The van der Waals surface area contributed by atoms with E-state index in [1.165, 1.54) is 12.1 Å². The van der Waals surface area contributed by atoms with Gasteiger partial charge in [-0.2, -0.15) is 5.26 Å². The van der Waals surface area contributed by atoms with Crippen LogP contribution < -0.4 is 4.72 Å². The van der Waals surface area contributed by atoms with Crippen molar-refractivity contribution in [3.8, 4) is 6.07 Å². The average molecular weight is 379 g/mol. The normalized spacial score (nSPS) is 12.6. The van der Waals surface area contributed by atoms with Crippen LogP contribution in [0.1, 0.15) is 30.5 Å². The van der Waals surface area contributed by atoms with E-state index in [1.54, 1.807) is 12.1 Å². The molecule has 6 heteroatoms. The molecule has 114 valence electrons. The van der Waals surface area contributed by atoms with E-state index in [1.807, 2.05) is 37.3 Å². The molecule has 0 heterocycles. The predicted molar refractivity (Wildman–Crippen MR) is 88.7 cm³/mol. The average Bonchev–Trinajstić information content (AvgIpc) is 2.53. The molecule has 0 radical (unpaired) electrons. The summed E-state index contributed by atoms with van der Waals surface area (Å²) in [6.07, 6.45) is 0.624. The molecule has 0 saturated carbocycles. The number of nitrogens with one attached hydrogen (secondary N) is 1. The molecule has 0 fully saturated rings. The highest BCUT2D eigenvalue weighted by molar-refractivity contribution is 9.10. The Bertz CT molecular complexity index is 796. The van der Waals surface area contributed by atoms with Crippen LogP contribution in [0.15, 0.2) is 57.9 Å². The van der Waals surface area contributed by atoms with Crippen molar-refractivity contribution in [1.82, 2.24) is 4.72 Å². The van der Waals surface area contributed by atoms with E-state index >= 15 is 0 Å². The highest BCUT2D eigenvalue weighted by Gasteiger charge is 2.20. The number of nitrogens with zero attached hydrogens (tertiary/aromatic N) is 1. The minimum Gasteiger partial charge on any atom is -0.207 e. The van der Waals surface area contributed by atoms with Gasteiger partial charge in [0.2, 0.25) is 10.0 Å². The summed E-state index contributed by atoms with van der Waals surface area (Å²) in [5.74, 6) is 0. The molecule has 0 aromatic heterocycles. The molecule has 0 aliphatic rings. The van der Waals surface area contributed by atoms with Crippen LogP contribution in [0.4, 0.5) is 0 Å². The first-order valence-electron chi connectivity index (χ1n) is 6.74. The summed E-state index contributed by atoms with van der Waals surface area (Å²) in [7, 11) is -3.68. The summed E-state index contributed by atoms with van der Waals surface area (Å²) in [5.41, 5.74) is 1.21. The van der Waals surface area contributed by atoms with Gasteiger partial charge in [-0.25, -0.2) is 13.1 Å². The third kappa shape index (κ3) is 3.95. The second-order valence-electron chi connectivity index (χ2n) is 4.77. The molecule has 2 aromatic carbocycles. The summed E-state index contributed by atoms with van der Waals surface area (Å²) in [6.45, 7) is 1.92. The smallest absolute Gasteiger partial charge is 0.207 e. The summed E-state index contributed by atoms with van der Waals surface area (Å²) < 4.78 is 28.6. The SMILES string of the molecule is CC[C@@H](NS(=O)(=O)c1cccc(C#N)c1)c1ccc(Br)cc1. The summed E-state index contributed by atoms with van der Waals surface area (Å²) in [4.78, 5) is 0.0992. The lowest BCUT2D eigenvalue weighted by molar-refractivity contribution is 0.550. The first-order chi connectivity index (χ1) is 10.5. The Morgan fingerprint density at radius 3 is 2.50 bits per heavy atom. The third-order valence-electron chi connectivity index (χ3n) is 3.25. The number of nitriles is 1. The standard InChI is InChI=1S/C16H15BrN2O2S/c1-2-16(13-6-8-14(17)9-7-13)19-22(20,21)15-5-3-4-12(10-15)11-18/h3-10,16,19H,2H2,1H3/t16-/m1/s1. The van der Waals surface area contributed by atoms with Gasteiger partial charge >= 0.3 is 0 Å². The van der Waals surface area contributed by atoms with E-state index in [0.29, 0.717) is 12.0 Å². The molecular weight excluding hydrogens is 364 g/mol. The fraction of sp³-hybridized carbons (Fsp3) is 0.188. The summed E-state index contributed by atoms with van der Waals surface area (Å²) in [5, 5.41) is 8.89. The van der Waals surface area contributed by atoms with Crippen molar-refractivity contribution in [3.05, 3.63) is 64.1 Å². The molecule has 0 amide bonds. The maximum Gasteiger partial charge on any atom is 0.241 e. The lowest BCUT2D eigenvalue weighted by Crippen LogP contribution is -2.28. The van der Waals surface area contributed by atoms with Crippen LogP contribution in [0, 0.1) is 11.3 Å². The zero-order valence-corrected chi connectivity index (χ0v) is 14.4. The fourth-order valence-corrected chi connectivity index (χ4v) is 3.69. The van der Waals surface area contributed by atoms with Gasteiger partial charge in [0.25, 0.3) is 0 Å². The zero-order chi connectivity index (χ0) is 16.2. The number of benzene rings is 2. The predicted octanol–water partition coefficient (Wildman–Crippen LogP) is 3.75. The molecule has 0 saturated heterocycles. The van der Waals surface area contributed by atoms with Crippen LogP contribution in [0.2, 0.25) is 0 Å². The maximum absolute atomic E-state index is 12.5. The monoisotopic (exact) mass is 378 g/mol. The van der Waals surface area contributed by atoms with Crippen molar-refractivity contribution in [1.29, 1.82) is 5.26 Å². The number of hydrogen-bond acceptors (Lipinski definition) is 3. The van der Waals surface area contributed by atoms with Crippen molar-refractivity contribution >= 4 is 26.0 Å². The number of hydrogen-bond donors (Lipinski definition) is 1. The van der Waals surface area contributed by atoms with Gasteiger partial charge in [-0.15, -0.1) is 0 Å². The van der Waals surface area contributed by atoms with Gasteiger partial charge in [0.1, 0.15) is 0 Å². The van der Waals surface area contributed by atoms with Crippen molar-refractivity contribution in [2.24, 2.45) is 0 Å². The van der Waals surface area contributed by atoms with E-state index < -0.39 is 10.0 Å². The van der Waals surface area contributed by atoms with E-state index in [2.05, 4.69) is 20.7 Å². The maximum atomic E-state index is 12.5. The molecule has 22 heavy (non-hydrogen) atoms. The lowest BCUT2D eigenvalue weighted by atomic mass is 10.1. The van der Waals surface area contributed by atoms with Crippen LogP contribution in [0.25, 0.3) is 0 Å². The first-order valence-corrected chi connectivity index (χ1v) is 9.02. The van der Waals surface area contributed by atoms with Crippen LogP contribution in [0.3, 0.4) is 0 Å². The number of rotatable bonds is 5. The Morgan fingerprint density at radius 2 is 1.91 bits per heavy atom. The molecule has 0 aliphatic heterocycles. The molecule has 4 nitrogen and oxygen atoms in total. The van der Waals surface area contributed by atoms with Crippen molar-refractivity contribution < 1.29 is 8.42 Å². The van der Waals surface area contributed by atoms with Gasteiger partial charge in [0.05, 0.1) is 16.5 Å². The molecule has 2 rings (SSSR count). The Hall–Kier alpha value is -1.68. The van der Waals surface area contributed by atoms with Crippen molar-refractivity contribution in [2.45, 2.75) is 24.3 Å². The van der Waals surface area contributed by atoms with Crippen LogP contribution in [-0.4, -0.2) is 8.42 Å². The van der Waals surface area contributed by atoms with Crippen LogP contribution in [-0.2, 0) is 10.0 Å². The van der Waals surface area contributed by atoms with Gasteiger partial charge in [-0.1, -0.05) is 41.1 Å². The van der Waals surface area contributed by atoms with E-state index in [0.717, 1.165) is 10.0 Å². The second kappa shape index (κ2) is 7.05. The van der Waals surface area contributed by atoms with E-state index in [4.69, 9.17) is 5.26 Å². The molecule has 1 atom stereocenters. The summed E-state index contributed by atoms with van der Waals surface area (Å²) >= 11 is 3.36. The van der Waals surface area contributed by atoms with Gasteiger partial charge in [-0.05, 0) is 42.3 Å². The van der Waals surface area contributed by atoms with Gasteiger partial charge in [-0.3, -0.25) is 0 Å². The van der Waals surface area contributed by atoms with Gasteiger partial charge in [0.15, 0.2) is 0 Å². The Morgan fingerprint density at radius 1 is 1.23 bits per heavy atom. The van der Waals surface area contributed by atoms with Gasteiger partial charge < -0.3 is 0 Å². The number of sulfonamides is 1. The second-order valence-corrected chi connectivity index (χ2v) is 7.40. The molecule has 0 bridgehead atoms. The van der Waals surface area contributed by atoms with Gasteiger partial charge in [0, 0.05) is 10.5 Å². The number of halogens is 1. The Balaban J connectivity index is 2.29. The molecule has 0 spiro atoms. The van der Waals surface area contributed by atoms with Crippen molar-refractivity contribution in [3.63, 3.8) is 0 Å². The lowest BCUT2D eigenvalue weighted by Gasteiger charge is -2.17. The molecule has 2 aromatic rings.